The second-order valence-corrected chi connectivity index (χ2v) is 8.09. The molecule has 0 radical (unpaired) electrons. The van der Waals surface area contributed by atoms with E-state index in [0.29, 0.717) is 28.5 Å². The summed E-state index contributed by atoms with van der Waals surface area (Å²) in [6.07, 6.45) is 1.85. The molecule has 0 atom stereocenters. The van der Waals surface area contributed by atoms with E-state index in [0.717, 1.165) is 29.1 Å². The third-order valence-corrected chi connectivity index (χ3v) is 5.44. The molecule has 0 bridgehead atoms. The van der Waals surface area contributed by atoms with Gasteiger partial charge < -0.3 is 14.8 Å². The van der Waals surface area contributed by atoms with Gasteiger partial charge in [-0.15, -0.1) is 10.2 Å². The summed E-state index contributed by atoms with van der Waals surface area (Å²) in [5, 5.41) is 20.4. The van der Waals surface area contributed by atoms with Crippen LogP contribution in [0.1, 0.15) is 12.7 Å². The van der Waals surface area contributed by atoms with Crippen LogP contribution < -0.4 is 14.8 Å². The van der Waals surface area contributed by atoms with Crippen LogP contribution in [0.15, 0.2) is 48.7 Å². The average Bonchev–Trinajstić information content (AvgIpc) is 3.19. The maximum atomic E-state index is 14.3. The number of nitrogens with zero attached hydrogens (tertiary/aromatic N) is 4. The molecule has 0 aliphatic rings. The van der Waals surface area contributed by atoms with E-state index in [2.05, 4.69) is 26.3 Å². The smallest absolute Gasteiger partial charge is 0.184 e. The Hall–Kier alpha value is -3.84. The zero-order chi connectivity index (χ0) is 23.4. The number of benzene rings is 2. The van der Waals surface area contributed by atoms with Crippen molar-refractivity contribution in [3.63, 3.8) is 0 Å². The van der Waals surface area contributed by atoms with Gasteiger partial charge in [-0.1, -0.05) is 18.9 Å². The van der Waals surface area contributed by atoms with Crippen molar-refractivity contribution in [3.05, 3.63) is 66.1 Å². The maximum absolute atomic E-state index is 14.3. The lowest BCUT2D eigenvalue weighted by Crippen LogP contribution is -2.03. The molecule has 0 saturated heterocycles. The van der Waals surface area contributed by atoms with Gasteiger partial charge in [0.1, 0.15) is 23.9 Å². The molecule has 168 valence electrons. The van der Waals surface area contributed by atoms with Crippen LogP contribution in [0.2, 0.25) is 0 Å². The first kappa shape index (κ1) is 22.4. The SMILES string of the molecule is CCSNc1ccc(Oc2ccc(F)cc2F)c(-c2cc(NCC#N)c3nnc(C)n3c2)c1. The number of aryl methyl sites for hydroxylation is 1. The van der Waals surface area contributed by atoms with Gasteiger partial charge in [-0.2, -0.15) is 5.26 Å². The van der Waals surface area contributed by atoms with Crippen LogP contribution in [0.25, 0.3) is 16.8 Å². The largest absolute Gasteiger partial charge is 0.454 e. The second kappa shape index (κ2) is 9.75. The highest BCUT2D eigenvalue weighted by Crippen LogP contribution is 2.38. The molecule has 2 heterocycles. The Morgan fingerprint density at radius 2 is 1.94 bits per heavy atom. The molecule has 0 aliphatic carbocycles. The zero-order valence-electron chi connectivity index (χ0n) is 17.9. The van der Waals surface area contributed by atoms with E-state index in [-0.39, 0.29) is 12.3 Å². The lowest BCUT2D eigenvalue weighted by atomic mass is 10.0. The number of halogens is 2. The van der Waals surface area contributed by atoms with Crippen molar-refractivity contribution in [2.45, 2.75) is 13.8 Å². The molecule has 4 rings (SSSR count). The summed E-state index contributed by atoms with van der Waals surface area (Å²) in [6, 6.07) is 12.5. The third-order valence-electron chi connectivity index (χ3n) is 4.77. The van der Waals surface area contributed by atoms with E-state index >= 15 is 0 Å². The summed E-state index contributed by atoms with van der Waals surface area (Å²) in [5.41, 5.74) is 3.42. The first-order valence-electron chi connectivity index (χ1n) is 10.1. The number of hydrogen-bond acceptors (Lipinski definition) is 7. The normalized spacial score (nSPS) is 10.8. The predicted octanol–water partition coefficient (Wildman–Crippen LogP) is 5.79. The van der Waals surface area contributed by atoms with Gasteiger partial charge in [-0.25, -0.2) is 8.78 Å². The molecule has 4 aromatic rings. The van der Waals surface area contributed by atoms with E-state index in [1.807, 2.05) is 38.2 Å². The summed E-state index contributed by atoms with van der Waals surface area (Å²) in [6.45, 7) is 3.94. The van der Waals surface area contributed by atoms with Crippen LogP contribution >= 0.6 is 11.9 Å². The Morgan fingerprint density at radius 3 is 2.70 bits per heavy atom. The highest BCUT2D eigenvalue weighted by molar-refractivity contribution is 8.00. The van der Waals surface area contributed by atoms with Crippen molar-refractivity contribution in [2.75, 3.05) is 22.3 Å². The summed E-state index contributed by atoms with van der Waals surface area (Å²) in [5.74, 6) is 0.330. The maximum Gasteiger partial charge on any atom is 0.184 e. The lowest BCUT2D eigenvalue weighted by Gasteiger charge is -2.16. The Bertz CT molecular complexity index is 1350. The number of hydrogen-bond donors (Lipinski definition) is 2. The Labute approximate surface area is 193 Å². The topological polar surface area (TPSA) is 87.3 Å². The van der Waals surface area contributed by atoms with Crippen molar-refractivity contribution < 1.29 is 13.5 Å². The monoisotopic (exact) mass is 466 g/mol. The van der Waals surface area contributed by atoms with Crippen molar-refractivity contribution in [1.29, 1.82) is 5.26 Å². The Balaban J connectivity index is 1.86. The standard InChI is InChI=1S/C23H20F2N6OS/c1-3-33-30-17-5-7-21(32-22-6-4-16(24)11-19(22)25)18(12-17)15-10-20(27-9-8-26)23-29-28-14(2)31(23)13-15/h4-7,10-13,27,30H,3,9H2,1-2H3. The van der Waals surface area contributed by atoms with E-state index in [4.69, 9.17) is 10.00 Å². The van der Waals surface area contributed by atoms with Gasteiger partial charge in [0.15, 0.2) is 17.2 Å². The van der Waals surface area contributed by atoms with Crippen molar-refractivity contribution >= 4 is 29.0 Å². The number of pyridine rings is 1. The fraction of sp³-hybridized carbons (Fsp3) is 0.174. The van der Waals surface area contributed by atoms with Gasteiger partial charge in [0.2, 0.25) is 0 Å². The molecule has 0 fully saturated rings. The average molecular weight is 467 g/mol. The lowest BCUT2D eigenvalue weighted by molar-refractivity contribution is 0.439. The van der Waals surface area contributed by atoms with Crippen LogP contribution in [0.5, 0.6) is 11.5 Å². The van der Waals surface area contributed by atoms with E-state index in [1.165, 1.54) is 18.0 Å². The molecule has 7 nitrogen and oxygen atoms in total. The molecule has 0 spiro atoms. The molecule has 0 saturated carbocycles. The number of ether oxygens (including phenoxy) is 1. The quantitative estimate of drug-likeness (QED) is 0.251. The number of nitrogens with one attached hydrogen (secondary N) is 2. The minimum absolute atomic E-state index is 0.0872. The predicted molar refractivity (Wildman–Crippen MR) is 125 cm³/mol. The molecule has 0 amide bonds. The Morgan fingerprint density at radius 1 is 1.12 bits per heavy atom. The molecule has 0 aliphatic heterocycles. The van der Waals surface area contributed by atoms with Crippen molar-refractivity contribution in [3.8, 4) is 28.7 Å². The number of aromatic nitrogens is 3. The number of rotatable bonds is 8. The van der Waals surface area contributed by atoms with Gasteiger partial charge in [-0.05, 0) is 43.3 Å². The zero-order valence-corrected chi connectivity index (χ0v) is 18.7. The minimum Gasteiger partial charge on any atom is -0.454 e. The highest BCUT2D eigenvalue weighted by atomic mass is 32.2. The van der Waals surface area contributed by atoms with Crippen molar-refractivity contribution in [2.24, 2.45) is 0 Å². The van der Waals surface area contributed by atoms with Gasteiger partial charge in [0, 0.05) is 34.8 Å². The van der Waals surface area contributed by atoms with Gasteiger partial charge in [0.25, 0.3) is 0 Å². The van der Waals surface area contributed by atoms with E-state index in [1.54, 1.807) is 10.5 Å². The summed E-state index contributed by atoms with van der Waals surface area (Å²) in [7, 11) is 0. The molecule has 2 aromatic carbocycles. The number of anilines is 2. The highest BCUT2D eigenvalue weighted by Gasteiger charge is 2.16. The fourth-order valence-electron chi connectivity index (χ4n) is 3.26. The minimum atomic E-state index is -0.800. The third kappa shape index (κ3) is 4.83. The molecular formula is C23H20F2N6OS. The summed E-state index contributed by atoms with van der Waals surface area (Å²) < 4.78 is 38.6. The Kier molecular flexibility index (Phi) is 6.60. The molecule has 33 heavy (non-hydrogen) atoms. The van der Waals surface area contributed by atoms with Crippen LogP contribution in [0.4, 0.5) is 20.2 Å². The second-order valence-electron chi connectivity index (χ2n) is 7.02. The molecule has 2 N–H and O–H groups in total. The fourth-order valence-corrected chi connectivity index (χ4v) is 3.69. The van der Waals surface area contributed by atoms with Crippen LogP contribution in [-0.2, 0) is 0 Å². The van der Waals surface area contributed by atoms with Gasteiger partial charge in [0.05, 0.1) is 11.8 Å². The summed E-state index contributed by atoms with van der Waals surface area (Å²) >= 11 is 1.53. The molecule has 0 unspecified atom stereocenters. The van der Waals surface area contributed by atoms with Crippen LogP contribution in [-0.4, -0.2) is 26.9 Å². The van der Waals surface area contributed by atoms with Crippen LogP contribution in [0, 0.1) is 29.9 Å². The van der Waals surface area contributed by atoms with E-state index < -0.39 is 11.6 Å². The first-order valence-corrected chi connectivity index (χ1v) is 11.1. The number of fused-ring (bicyclic) bond motifs is 1. The molecule has 10 heteroatoms. The van der Waals surface area contributed by atoms with E-state index in [9.17, 15) is 8.78 Å². The number of nitriles is 1. The van der Waals surface area contributed by atoms with Gasteiger partial charge >= 0.3 is 0 Å². The molecular weight excluding hydrogens is 446 g/mol. The van der Waals surface area contributed by atoms with Crippen molar-refractivity contribution in [1.82, 2.24) is 14.6 Å². The van der Waals surface area contributed by atoms with Crippen LogP contribution in [0.3, 0.4) is 0 Å². The molecule has 2 aromatic heterocycles. The first-order chi connectivity index (χ1) is 16.0. The van der Waals surface area contributed by atoms with Gasteiger partial charge in [-0.3, -0.25) is 4.40 Å². The summed E-state index contributed by atoms with van der Waals surface area (Å²) in [4.78, 5) is 0.